The van der Waals surface area contributed by atoms with Gasteiger partial charge in [-0.2, -0.15) is 0 Å². The molecule has 8 heteroatoms. The molecular weight excluding hydrogens is 398 g/mol. The van der Waals surface area contributed by atoms with Gasteiger partial charge in [0.1, 0.15) is 0 Å². The molecule has 0 saturated carbocycles. The molecule has 1 aromatic heterocycles. The molecule has 2 aromatic rings. The van der Waals surface area contributed by atoms with E-state index in [0.717, 1.165) is 37.3 Å². The lowest BCUT2D eigenvalue weighted by atomic mass is 10.0. The molecule has 162 valence electrons. The van der Waals surface area contributed by atoms with E-state index >= 15 is 0 Å². The van der Waals surface area contributed by atoms with Gasteiger partial charge in [-0.15, -0.1) is 10.2 Å². The summed E-state index contributed by atoms with van der Waals surface area (Å²) in [6.45, 7) is 8.27. The number of carbonyl (C=O) groups excluding carboxylic acids is 2. The molecule has 0 unspecified atom stereocenters. The van der Waals surface area contributed by atoms with Crippen molar-refractivity contribution in [3.63, 3.8) is 0 Å². The molecule has 0 bridgehead atoms. The van der Waals surface area contributed by atoms with Gasteiger partial charge in [0.25, 0.3) is 0 Å². The van der Waals surface area contributed by atoms with E-state index in [1.54, 1.807) is 0 Å². The third kappa shape index (κ3) is 5.84. The fraction of sp³-hybridized carbons (Fsp3) is 0.545. The van der Waals surface area contributed by atoms with Crippen LogP contribution in [0.5, 0.6) is 0 Å². The van der Waals surface area contributed by atoms with Crippen molar-refractivity contribution >= 4 is 29.3 Å². The van der Waals surface area contributed by atoms with Crippen molar-refractivity contribution in [2.75, 3.05) is 17.6 Å². The molecule has 30 heavy (non-hydrogen) atoms. The summed E-state index contributed by atoms with van der Waals surface area (Å²) in [5, 5.41) is 12.2. The van der Waals surface area contributed by atoms with Crippen molar-refractivity contribution in [1.82, 2.24) is 19.7 Å². The van der Waals surface area contributed by atoms with E-state index in [-0.39, 0.29) is 17.6 Å². The summed E-state index contributed by atoms with van der Waals surface area (Å²) < 4.78 is 1.99. The Morgan fingerprint density at radius 3 is 2.63 bits per heavy atom. The second-order valence-electron chi connectivity index (χ2n) is 7.88. The Kier molecular flexibility index (Phi) is 7.90. The topological polar surface area (TPSA) is 80.1 Å². The van der Waals surface area contributed by atoms with E-state index in [1.807, 2.05) is 40.7 Å². The van der Waals surface area contributed by atoms with E-state index in [9.17, 15) is 9.59 Å². The Morgan fingerprint density at radius 1 is 1.17 bits per heavy atom. The number of carbonyl (C=O) groups is 2. The van der Waals surface area contributed by atoms with Gasteiger partial charge in [-0.1, -0.05) is 44.2 Å². The summed E-state index contributed by atoms with van der Waals surface area (Å²) in [5.74, 6) is 1.61. The van der Waals surface area contributed by atoms with Crippen LogP contribution in [0.2, 0.25) is 0 Å². The first kappa shape index (κ1) is 22.3. The molecule has 0 radical (unpaired) electrons. The number of aromatic nitrogens is 3. The predicted octanol–water partition coefficient (Wildman–Crippen LogP) is 4.05. The molecule has 1 fully saturated rings. The van der Waals surface area contributed by atoms with Crippen LogP contribution in [-0.2, 0) is 22.7 Å². The highest BCUT2D eigenvalue weighted by atomic mass is 32.2. The van der Waals surface area contributed by atoms with E-state index in [4.69, 9.17) is 0 Å². The van der Waals surface area contributed by atoms with Gasteiger partial charge in [0.05, 0.1) is 12.3 Å². The predicted molar refractivity (Wildman–Crippen MR) is 119 cm³/mol. The normalized spacial score (nSPS) is 14.8. The molecule has 7 nitrogen and oxygen atoms in total. The SMILES string of the molecule is CCn1c(CN2CCCCCC2=O)nnc1SCC(=O)Nc1ccc(C(C)C)cc1. The number of likely N-dealkylation sites (tertiary alicyclic amines) is 1. The molecule has 0 atom stereocenters. The first-order valence-electron chi connectivity index (χ1n) is 10.7. The standard InChI is InChI=1S/C22H31N5O2S/c1-4-27-19(14-26-13-7-5-6-8-21(26)29)24-25-22(27)30-15-20(28)23-18-11-9-17(10-12-18)16(2)3/h9-12,16H,4-8,13-15H2,1-3H3,(H,23,28). The lowest BCUT2D eigenvalue weighted by Gasteiger charge is -2.20. The molecule has 1 saturated heterocycles. The molecule has 0 aliphatic carbocycles. The Balaban J connectivity index is 1.57. The second kappa shape index (κ2) is 10.6. The van der Waals surface area contributed by atoms with Crippen molar-refractivity contribution in [2.45, 2.75) is 70.6 Å². The fourth-order valence-electron chi connectivity index (χ4n) is 3.52. The van der Waals surface area contributed by atoms with E-state index < -0.39 is 0 Å². The molecule has 1 aromatic carbocycles. The highest BCUT2D eigenvalue weighted by molar-refractivity contribution is 7.99. The largest absolute Gasteiger partial charge is 0.335 e. The third-order valence-electron chi connectivity index (χ3n) is 5.31. The average molecular weight is 430 g/mol. The van der Waals surface area contributed by atoms with E-state index in [2.05, 4.69) is 29.4 Å². The molecule has 1 aliphatic rings. The zero-order valence-electron chi connectivity index (χ0n) is 18.1. The summed E-state index contributed by atoms with van der Waals surface area (Å²) in [4.78, 5) is 26.5. The van der Waals surface area contributed by atoms with E-state index in [0.29, 0.717) is 30.6 Å². The maximum atomic E-state index is 12.4. The molecule has 2 heterocycles. The van der Waals surface area contributed by atoms with Crippen LogP contribution < -0.4 is 5.32 Å². The van der Waals surface area contributed by atoms with E-state index in [1.165, 1.54) is 17.3 Å². The maximum Gasteiger partial charge on any atom is 0.234 e. The smallest absolute Gasteiger partial charge is 0.234 e. The molecule has 0 spiro atoms. The van der Waals surface area contributed by atoms with Crippen LogP contribution in [0.25, 0.3) is 0 Å². The van der Waals surface area contributed by atoms with Gasteiger partial charge in [-0.25, -0.2) is 0 Å². The van der Waals surface area contributed by atoms with Crippen molar-refractivity contribution in [3.8, 4) is 0 Å². The minimum absolute atomic E-state index is 0.0767. The quantitative estimate of drug-likeness (QED) is 0.640. The van der Waals surface area contributed by atoms with Crippen molar-refractivity contribution in [3.05, 3.63) is 35.7 Å². The highest BCUT2D eigenvalue weighted by Gasteiger charge is 2.21. The minimum Gasteiger partial charge on any atom is -0.335 e. The van der Waals surface area contributed by atoms with Crippen LogP contribution in [0.3, 0.4) is 0 Å². The highest BCUT2D eigenvalue weighted by Crippen LogP contribution is 2.21. The van der Waals surface area contributed by atoms with Crippen LogP contribution in [0.15, 0.2) is 29.4 Å². The lowest BCUT2D eigenvalue weighted by Crippen LogP contribution is -2.31. The van der Waals surface area contributed by atoms with Crippen LogP contribution in [0, 0.1) is 0 Å². The van der Waals surface area contributed by atoms with Gasteiger partial charge >= 0.3 is 0 Å². The first-order valence-corrected chi connectivity index (χ1v) is 11.7. The van der Waals surface area contributed by atoms with Gasteiger partial charge in [0.2, 0.25) is 11.8 Å². The third-order valence-corrected chi connectivity index (χ3v) is 6.27. The molecule has 1 N–H and O–H groups in total. The Labute approximate surface area is 182 Å². The van der Waals surface area contributed by atoms with Gasteiger partial charge in [-0.05, 0) is 43.4 Å². The molecular formula is C22H31N5O2S. The van der Waals surface area contributed by atoms with Crippen molar-refractivity contribution in [1.29, 1.82) is 0 Å². The fourth-order valence-corrected chi connectivity index (χ4v) is 4.34. The van der Waals surface area contributed by atoms with Crippen LogP contribution in [0.1, 0.15) is 63.8 Å². The Morgan fingerprint density at radius 2 is 1.93 bits per heavy atom. The number of hydrogen-bond donors (Lipinski definition) is 1. The Hall–Kier alpha value is -2.35. The number of anilines is 1. The monoisotopic (exact) mass is 429 g/mol. The second-order valence-corrected chi connectivity index (χ2v) is 8.83. The Bertz CT molecular complexity index is 863. The number of nitrogens with one attached hydrogen (secondary N) is 1. The molecule has 1 aliphatic heterocycles. The molecule has 2 amide bonds. The summed E-state index contributed by atoms with van der Waals surface area (Å²) in [5.41, 5.74) is 2.04. The number of benzene rings is 1. The number of nitrogens with zero attached hydrogens (tertiary/aromatic N) is 4. The van der Waals surface area contributed by atoms with Gasteiger partial charge in [0.15, 0.2) is 11.0 Å². The number of amides is 2. The van der Waals surface area contributed by atoms with Gasteiger partial charge < -0.3 is 14.8 Å². The van der Waals surface area contributed by atoms with Crippen LogP contribution >= 0.6 is 11.8 Å². The van der Waals surface area contributed by atoms with Gasteiger partial charge in [0, 0.05) is 25.2 Å². The average Bonchev–Trinajstić information content (AvgIpc) is 3.00. The number of hydrogen-bond acceptors (Lipinski definition) is 5. The summed E-state index contributed by atoms with van der Waals surface area (Å²) in [7, 11) is 0. The summed E-state index contributed by atoms with van der Waals surface area (Å²) >= 11 is 1.37. The zero-order chi connectivity index (χ0) is 21.5. The minimum atomic E-state index is -0.0767. The van der Waals surface area contributed by atoms with Crippen molar-refractivity contribution in [2.24, 2.45) is 0 Å². The number of thioether (sulfide) groups is 1. The van der Waals surface area contributed by atoms with Crippen LogP contribution in [-0.4, -0.2) is 43.8 Å². The number of rotatable bonds is 8. The summed E-state index contributed by atoms with van der Waals surface area (Å²) in [6, 6.07) is 7.95. The maximum absolute atomic E-state index is 12.4. The summed E-state index contributed by atoms with van der Waals surface area (Å²) in [6.07, 6.45) is 3.71. The van der Waals surface area contributed by atoms with Gasteiger partial charge in [-0.3, -0.25) is 9.59 Å². The zero-order valence-corrected chi connectivity index (χ0v) is 18.9. The lowest BCUT2D eigenvalue weighted by molar-refractivity contribution is -0.131. The van der Waals surface area contributed by atoms with Crippen LogP contribution in [0.4, 0.5) is 5.69 Å². The molecule has 3 rings (SSSR count). The first-order chi connectivity index (χ1) is 14.5. The van der Waals surface area contributed by atoms with Crippen molar-refractivity contribution < 1.29 is 9.59 Å².